The standard InChI is InChI=1S/C12H11N3O3/c16-11(15-5-8-1-2-13-4-8)9-3-10(12(17)18)7-14-6-9/h1-4,6-7,13H,5H2,(H,15,16)(H,17,18). The molecule has 0 atom stereocenters. The van der Waals surface area contributed by atoms with Gasteiger partial charge in [0.15, 0.2) is 0 Å². The molecule has 92 valence electrons. The quantitative estimate of drug-likeness (QED) is 0.749. The molecule has 2 heterocycles. The minimum absolute atomic E-state index is 0.00991. The number of carbonyl (C=O) groups excluding carboxylic acids is 1. The molecule has 3 N–H and O–H groups in total. The average molecular weight is 245 g/mol. The van der Waals surface area contributed by atoms with Gasteiger partial charge in [0.1, 0.15) is 0 Å². The van der Waals surface area contributed by atoms with Crippen LogP contribution in [-0.4, -0.2) is 27.0 Å². The molecule has 0 aliphatic carbocycles. The van der Waals surface area contributed by atoms with Crippen molar-refractivity contribution in [3.63, 3.8) is 0 Å². The summed E-state index contributed by atoms with van der Waals surface area (Å²) in [5, 5.41) is 11.5. The van der Waals surface area contributed by atoms with Crippen molar-refractivity contribution in [2.45, 2.75) is 6.54 Å². The van der Waals surface area contributed by atoms with E-state index in [4.69, 9.17) is 5.11 Å². The molecule has 0 radical (unpaired) electrons. The number of carboxylic acids is 1. The highest BCUT2D eigenvalue weighted by Gasteiger charge is 2.10. The number of hydrogen-bond donors (Lipinski definition) is 3. The Hall–Kier alpha value is -2.63. The van der Waals surface area contributed by atoms with Gasteiger partial charge in [-0.3, -0.25) is 9.78 Å². The fraction of sp³-hybridized carbons (Fsp3) is 0.0833. The first-order chi connectivity index (χ1) is 8.66. The molecular weight excluding hydrogens is 234 g/mol. The predicted octanol–water partition coefficient (Wildman–Crippen LogP) is 1.04. The molecule has 0 aromatic carbocycles. The summed E-state index contributed by atoms with van der Waals surface area (Å²) in [6.45, 7) is 0.375. The van der Waals surface area contributed by atoms with Gasteiger partial charge in [0.25, 0.3) is 5.91 Å². The van der Waals surface area contributed by atoms with E-state index in [9.17, 15) is 9.59 Å². The average Bonchev–Trinajstić information content (AvgIpc) is 2.89. The highest BCUT2D eigenvalue weighted by Crippen LogP contribution is 2.03. The fourth-order valence-corrected chi connectivity index (χ4v) is 1.43. The van der Waals surface area contributed by atoms with E-state index in [1.807, 2.05) is 6.07 Å². The molecule has 6 heteroatoms. The third-order valence-electron chi connectivity index (χ3n) is 2.36. The van der Waals surface area contributed by atoms with Crippen LogP contribution in [0.1, 0.15) is 26.3 Å². The zero-order chi connectivity index (χ0) is 13.0. The number of aromatic nitrogens is 2. The van der Waals surface area contributed by atoms with Crippen LogP contribution in [0.2, 0.25) is 0 Å². The van der Waals surface area contributed by atoms with Gasteiger partial charge in [0.2, 0.25) is 0 Å². The first kappa shape index (κ1) is 11.8. The van der Waals surface area contributed by atoms with Crippen molar-refractivity contribution in [3.05, 3.63) is 53.6 Å². The van der Waals surface area contributed by atoms with Crippen LogP contribution >= 0.6 is 0 Å². The summed E-state index contributed by atoms with van der Waals surface area (Å²) < 4.78 is 0. The molecule has 0 spiro atoms. The van der Waals surface area contributed by atoms with Gasteiger partial charge >= 0.3 is 5.97 Å². The largest absolute Gasteiger partial charge is 0.478 e. The van der Waals surface area contributed by atoms with E-state index in [2.05, 4.69) is 15.3 Å². The molecule has 0 fully saturated rings. The van der Waals surface area contributed by atoms with Gasteiger partial charge in [0, 0.05) is 31.3 Å². The molecule has 2 rings (SSSR count). The van der Waals surface area contributed by atoms with Gasteiger partial charge in [-0.25, -0.2) is 4.79 Å². The van der Waals surface area contributed by atoms with Crippen molar-refractivity contribution in [2.24, 2.45) is 0 Å². The summed E-state index contributed by atoms with van der Waals surface area (Å²) in [7, 11) is 0. The third-order valence-corrected chi connectivity index (χ3v) is 2.36. The summed E-state index contributed by atoms with van der Waals surface area (Å²) in [6, 6.07) is 3.13. The molecule has 18 heavy (non-hydrogen) atoms. The second-order valence-corrected chi connectivity index (χ2v) is 3.67. The highest BCUT2D eigenvalue weighted by molar-refractivity contribution is 5.96. The SMILES string of the molecule is O=C(O)c1cncc(C(=O)NCc2cc[nH]c2)c1. The van der Waals surface area contributed by atoms with Crippen LogP contribution in [0.25, 0.3) is 0 Å². The maximum atomic E-state index is 11.8. The number of nitrogens with one attached hydrogen (secondary N) is 2. The first-order valence-corrected chi connectivity index (χ1v) is 5.25. The van der Waals surface area contributed by atoms with E-state index in [-0.39, 0.29) is 17.0 Å². The van der Waals surface area contributed by atoms with E-state index in [1.165, 1.54) is 18.5 Å². The lowest BCUT2D eigenvalue weighted by molar-refractivity contribution is 0.0696. The number of carbonyl (C=O) groups is 2. The molecule has 2 aromatic heterocycles. The normalized spacial score (nSPS) is 10.0. The van der Waals surface area contributed by atoms with Gasteiger partial charge in [-0.05, 0) is 17.7 Å². The van der Waals surface area contributed by atoms with Crippen LogP contribution in [-0.2, 0) is 6.54 Å². The summed E-state index contributed by atoms with van der Waals surface area (Å²) in [5.74, 6) is -1.46. The highest BCUT2D eigenvalue weighted by atomic mass is 16.4. The van der Waals surface area contributed by atoms with E-state index in [0.29, 0.717) is 6.54 Å². The van der Waals surface area contributed by atoms with Crippen LogP contribution in [0.4, 0.5) is 0 Å². The number of aromatic amines is 1. The summed E-state index contributed by atoms with van der Waals surface area (Å²) in [5.41, 5.74) is 1.15. The Balaban J connectivity index is 2.04. The predicted molar refractivity (Wildman–Crippen MR) is 63.2 cm³/mol. The van der Waals surface area contributed by atoms with Crippen LogP contribution in [0, 0.1) is 0 Å². The molecule has 6 nitrogen and oxygen atoms in total. The number of H-pyrrole nitrogens is 1. The Kier molecular flexibility index (Phi) is 3.38. The maximum Gasteiger partial charge on any atom is 0.337 e. The zero-order valence-electron chi connectivity index (χ0n) is 9.38. The second kappa shape index (κ2) is 5.13. The van der Waals surface area contributed by atoms with E-state index in [1.54, 1.807) is 12.4 Å². The van der Waals surface area contributed by atoms with Gasteiger partial charge in [-0.15, -0.1) is 0 Å². The molecule has 0 unspecified atom stereocenters. The topological polar surface area (TPSA) is 95.1 Å². The Labute approximate surface area is 103 Å². The molecule has 0 bridgehead atoms. The monoisotopic (exact) mass is 245 g/mol. The lowest BCUT2D eigenvalue weighted by Gasteiger charge is -2.04. The van der Waals surface area contributed by atoms with Crippen LogP contribution in [0.5, 0.6) is 0 Å². The Morgan fingerprint density at radius 1 is 1.33 bits per heavy atom. The summed E-state index contributed by atoms with van der Waals surface area (Å²) in [4.78, 5) is 29.1. The van der Waals surface area contributed by atoms with E-state index < -0.39 is 5.97 Å². The zero-order valence-corrected chi connectivity index (χ0v) is 9.38. The number of hydrogen-bond acceptors (Lipinski definition) is 3. The number of nitrogens with zero attached hydrogens (tertiary/aromatic N) is 1. The molecule has 2 aromatic rings. The van der Waals surface area contributed by atoms with Crippen LogP contribution < -0.4 is 5.32 Å². The minimum atomic E-state index is -1.11. The lowest BCUT2D eigenvalue weighted by Crippen LogP contribution is -2.23. The van der Waals surface area contributed by atoms with Crippen molar-refractivity contribution in [1.29, 1.82) is 0 Å². The molecular formula is C12H11N3O3. The smallest absolute Gasteiger partial charge is 0.337 e. The molecule has 0 saturated carbocycles. The summed E-state index contributed by atoms with van der Waals surface area (Å²) in [6.07, 6.45) is 6.06. The molecule has 0 aliphatic heterocycles. The van der Waals surface area contributed by atoms with Crippen molar-refractivity contribution < 1.29 is 14.7 Å². The first-order valence-electron chi connectivity index (χ1n) is 5.25. The Morgan fingerprint density at radius 3 is 2.78 bits per heavy atom. The van der Waals surface area contributed by atoms with Gasteiger partial charge in [0.05, 0.1) is 11.1 Å². The van der Waals surface area contributed by atoms with Gasteiger partial charge in [-0.2, -0.15) is 0 Å². The molecule has 0 aliphatic rings. The number of aromatic carboxylic acids is 1. The fourth-order valence-electron chi connectivity index (χ4n) is 1.43. The van der Waals surface area contributed by atoms with Crippen molar-refractivity contribution in [3.8, 4) is 0 Å². The number of amides is 1. The molecule has 0 saturated heterocycles. The number of pyridine rings is 1. The van der Waals surface area contributed by atoms with Crippen LogP contribution in [0.3, 0.4) is 0 Å². The van der Waals surface area contributed by atoms with E-state index in [0.717, 1.165) is 5.56 Å². The minimum Gasteiger partial charge on any atom is -0.478 e. The van der Waals surface area contributed by atoms with Gasteiger partial charge < -0.3 is 15.4 Å². The Bertz CT molecular complexity index is 564. The molecule has 1 amide bonds. The third kappa shape index (κ3) is 2.73. The number of carboxylic acid groups (broad SMARTS) is 1. The van der Waals surface area contributed by atoms with Crippen molar-refractivity contribution >= 4 is 11.9 Å². The van der Waals surface area contributed by atoms with Crippen LogP contribution in [0.15, 0.2) is 36.9 Å². The van der Waals surface area contributed by atoms with Crippen molar-refractivity contribution in [1.82, 2.24) is 15.3 Å². The maximum absolute atomic E-state index is 11.8. The number of rotatable bonds is 4. The van der Waals surface area contributed by atoms with E-state index >= 15 is 0 Å². The van der Waals surface area contributed by atoms with Crippen molar-refractivity contribution in [2.75, 3.05) is 0 Å². The Morgan fingerprint density at radius 2 is 2.11 bits per heavy atom. The summed E-state index contributed by atoms with van der Waals surface area (Å²) >= 11 is 0. The second-order valence-electron chi connectivity index (χ2n) is 3.67. The van der Waals surface area contributed by atoms with Gasteiger partial charge in [-0.1, -0.05) is 0 Å². The lowest BCUT2D eigenvalue weighted by atomic mass is 10.2.